The lowest BCUT2D eigenvalue weighted by Gasteiger charge is -2.26. The summed E-state index contributed by atoms with van der Waals surface area (Å²) in [5.74, 6) is 1.85. The maximum Gasteiger partial charge on any atom is 0.262 e. The maximum atomic E-state index is 12.3. The van der Waals surface area contributed by atoms with Crippen molar-refractivity contribution in [1.29, 1.82) is 0 Å². The van der Waals surface area contributed by atoms with Crippen LogP contribution in [0, 0.1) is 0 Å². The molecule has 33 heavy (non-hydrogen) atoms. The topological polar surface area (TPSA) is 74.6 Å². The second-order valence-electron chi connectivity index (χ2n) is 7.68. The van der Waals surface area contributed by atoms with Gasteiger partial charge in [-0.2, -0.15) is 5.10 Å². The van der Waals surface area contributed by atoms with Gasteiger partial charge in [-0.1, -0.05) is 54.6 Å². The number of anilines is 1. The summed E-state index contributed by atoms with van der Waals surface area (Å²) in [6.07, 6.45) is 3.20. The molecule has 1 unspecified atom stereocenters. The average molecular weight is 441 g/mol. The van der Waals surface area contributed by atoms with Crippen LogP contribution in [0.3, 0.4) is 0 Å². The number of fused-ring (bicyclic) bond motifs is 1. The number of rotatable bonds is 7. The highest BCUT2D eigenvalue weighted by Crippen LogP contribution is 2.31. The Morgan fingerprint density at radius 2 is 1.70 bits per heavy atom. The molecule has 7 heteroatoms. The number of hydrogen-bond donors (Lipinski definition) is 1. The number of amides is 1. The Morgan fingerprint density at radius 3 is 2.52 bits per heavy atom. The third-order valence-corrected chi connectivity index (χ3v) is 5.21. The van der Waals surface area contributed by atoms with Crippen molar-refractivity contribution in [2.45, 2.75) is 12.6 Å². The van der Waals surface area contributed by atoms with Crippen molar-refractivity contribution < 1.29 is 19.0 Å². The highest BCUT2D eigenvalue weighted by Gasteiger charge is 2.21. The zero-order chi connectivity index (χ0) is 22.5. The smallest absolute Gasteiger partial charge is 0.262 e. The Balaban J connectivity index is 1.10. The first-order valence-electron chi connectivity index (χ1n) is 10.7. The molecule has 0 bridgehead atoms. The molecule has 1 N–H and O–H groups in total. The molecule has 7 nitrogen and oxygen atoms in total. The lowest BCUT2D eigenvalue weighted by atomic mass is 10.1. The van der Waals surface area contributed by atoms with E-state index in [1.165, 1.54) is 0 Å². The van der Waals surface area contributed by atoms with E-state index in [9.17, 15) is 4.79 Å². The van der Waals surface area contributed by atoms with Crippen molar-refractivity contribution in [2.24, 2.45) is 0 Å². The summed E-state index contributed by atoms with van der Waals surface area (Å²) >= 11 is 0. The SMILES string of the molecule is O=C(COc1ccc(-c2ccccc2)cc1)Nc1cnn(CC2COc3ccccc3O2)c1. The molecule has 3 aromatic carbocycles. The first-order valence-corrected chi connectivity index (χ1v) is 10.7. The zero-order valence-electron chi connectivity index (χ0n) is 17.9. The molecule has 1 aliphatic rings. The van der Waals surface area contributed by atoms with E-state index in [4.69, 9.17) is 14.2 Å². The summed E-state index contributed by atoms with van der Waals surface area (Å²) in [4.78, 5) is 12.3. The molecule has 1 aliphatic heterocycles. The Labute approximate surface area is 191 Å². The Hall–Kier alpha value is -4.26. The van der Waals surface area contributed by atoms with Crippen LogP contribution in [0.25, 0.3) is 11.1 Å². The average Bonchev–Trinajstić information content (AvgIpc) is 3.30. The van der Waals surface area contributed by atoms with Crippen molar-refractivity contribution in [3.63, 3.8) is 0 Å². The highest BCUT2D eigenvalue weighted by molar-refractivity contribution is 5.91. The van der Waals surface area contributed by atoms with Crippen LogP contribution < -0.4 is 19.5 Å². The number of ether oxygens (including phenoxy) is 3. The standard InChI is InChI=1S/C26H23N3O4/c30-26(18-31-22-12-10-20(11-13-22)19-6-2-1-3-7-19)28-21-14-27-29(15-21)16-23-17-32-24-8-4-5-9-25(24)33-23/h1-15,23H,16-18H2,(H,28,30). The summed E-state index contributed by atoms with van der Waals surface area (Å²) in [6, 6.07) is 25.3. The monoisotopic (exact) mass is 441 g/mol. The minimum absolute atomic E-state index is 0.0910. The summed E-state index contributed by atoms with van der Waals surface area (Å²) in [5.41, 5.74) is 2.82. The fourth-order valence-electron chi connectivity index (χ4n) is 3.61. The minimum Gasteiger partial charge on any atom is -0.486 e. The largest absolute Gasteiger partial charge is 0.486 e. The summed E-state index contributed by atoms with van der Waals surface area (Å²) in [5, 5.41) is 7.11. The molecule has 0 aliphatic carbocycles. The second kappa shape index (κ2) is 9.48. The zero-order valence-corrected chi connectivity index (χ0v) is 17.9. The molecule has 1 amide bonds. The fraction of sp³-hybridized carbons (Fsp3) is 0.154. The predicted molar refractivity (Wildman–Crippen MR) is 125 cm³/mol. The first-order chi connectivity index (χ1) is 16.2. The van der Waals surface area contributed by atoms with Crippen LogP contribution in [0.5, 0.6) is 17.2 Å². The van der Waals surface area contributed by atoms with Crippen LogP contribution in [0.2, 0.25) is 0 Å². The van der Waals surface area contributed by atoms with Gasteiger partial charge in [0.2, 0.25) is 0 Å². The molecular weight excluding hydrogens is 418 g/mol. The van der Waals surface area contributed by atoms with E-state index in [-0.39, 0.29) is 18.6 Å². The number of nitrogens with zero attached hydrogens (tertiary/aromatic N) is 2. The van der Waals surface area contributed by atoms with Crippen LogP contribution >= 0.6 is 0 Å². The first kappa shape index (κ1) is 20.6. The van der Waals surface area contributed by atoms with Crippen LogP contribution in [-0.4, -0.2) is 35.0 Å². The van der Waals surface area contributed by atoms with E-state index >= 15 is 0 Å². The maximum absolute atomic E-state index is 12.3. The van der Waals surface area contributed by atoms with Crippen LogP contribution in [0.15, 0.2) is 91.3 Å². The molecule has 4 aromatic rings. The number of aromatic nitrogens is 2. The number of nitrogens with one attached hydrogen (secondary N) is 1. The van der Waals surface area contributed by atoms with E-state index in [1.54, 1.807) is 17.1 Å². The van der Waals surface area contributed by atoms with Gasteiger partial charge in [-0.05, 0) is 35.4 Å². The van der Waals surface area contributed by atoms with Gasteiger partial charge in [0.15, 0.2) is 24.2 Å². The van der Waals surface area contributed by atoms with Crippen molar-refractivity contribution >= 4 is 11.6 Å². The van der Waals surface area contributed by atoms with E-state index in [2.05, 4.69) is 22.5 Å². The number of carbonyl (C=O) groups excluding carboxylic acids is 1. The van der Waals surface area contributed by atoms with Crippen molar-refractivity contribution in [3.05, 3.63) is 91.3 Å². The second-order valence-corrected chi connectivity index (χ2v) is 7.68. The normalized spacial score (nSPS) is 14.5. The van der Waals surface area contributed by atoms with Gasteiger partial charge in [0, 0.05) is 6.20 Å². The summed E-state index contributed by atoms with van der Waals surface area (Å²) < 4.78 is 19.0. The lowest BCUT2D eigenvalue weighted by molar-refractivity contribution is -0.118. The van der Waals surface area contributed by atoms with E-state index < -0.39 is 0 Å². The third kappa shape index (κ3) is 5.15. The van der Waals surface area contributed by atoms with Crippen LogP contribution in [0.1, 0.15) is 0 Å². The molecule has 0 spiro atoms. The fourth-order valence-corrected chi connectivity index (χ4v) is 3.61. The van der Waals surface area contributed by atoms with Gasteiger partial charge in [-0.15, -0.1) is 0 Å². The molecule has 1 atom stereocenters. The predicted octanol–water partition coefficient (Wildman–Crippen LogP) is 4.41. The van der Waals surface area contributed by atoms with Gasteiger partial charge in [-0.3, -0.25) is 9.48 Å². The van der Waals surface area contributed by atoms with E-state index in [0.29, 0.717) is 24.6 Å². The molecule has 5 rings (SSSR count). The highest BCUT2D eigenvalue weighted by atomic mass is 16.6. The Bertz CT molecular complexity index is 1220. The molecule has 1 aromatic heterocycles. The molecule has 0 saturated carbocycles. The van der Waals surface area contributed by atoms with Gasteiger partial charge < -0.3 is 19.5 Å². The van der Waals surface area contributed by atoms with Crippen molar-refractivity contribution in [3.8, 4) is 28.4 Å². The lowest BCUT2D eigenvalue weighted by Crippen LogP contribution is -2.33. The number of para-hydroxylation sites is 2. The van der Waals surface area contributed by atoms with E-state index in [0.717, 1.165) is 22.6 Å². The molecule has 166 valence electrons. The van der Waals surface area contributed by atoms with Crippen LogP contribution in [-0.2, 0) is 11.3 Å². The molecule has 2 heterocycles. The summed E-state index contributed by atoms with van der Waals surface area (Å²) in [6.45, 7) is 0.857. The molecule has 0 radical (unpaired) electrons. The van der Waals surface area contributed by atoms with Gasteiger partial charge in [0.25, 0.3) is 5.91 Å². The quantitative estimate of drug-likeness (QED) is 0.460. The van der Waals surface area contributed by atoms with Gasteiger partial charge in [0.1, 0.15) is 12.4 Å². The molecule has 0 fully saturated rings. The van der Waals surface area contributed by atoms with Gasteiger partial charge in [0.05, 0.1) is 18.4 Å². The van der Waals surface area contributed by atoms with Crippen LogP contribution in [0.4, 0.5) is 5.69 Å². The van der Waals surface area contributed by atoms with Crippen molar-refractivity contribution in [2.75, 3.05) is 18.5 Å². The minimum atomic E-state index is -0.257. The number of carbonyl (C=O) groups is 1. The Morgan fingerprint density at radius 1 is 0.970 bits per heavy atom. The van der Waals surface area contributed by atoms with Gasteiger partial charge in [-0.25, -0.2) is 0 Å². The van der Waals surface area contributed by atoms with Gasteiger partial charge >= 0.3 is 0 Å². The summed E-state index contributed by atoms with van der Waals surface area (Å²) in [7, 11) is 0. The number of hydrogen-bond acceptors (Lipinski definition) is 5. The third-order valence-electron chi connectivity index (χ3n) is 5.21. The van der Waals surface area contributed by atoms with Crippen molar-refractivity contribution in [1.82, 2.24) is 9.78 Å². The molecule has 0 saturated heterocycles. The number of benzene rings is 3. The molecular formula is C26H23N3O4. The van der Waals surface area contributed by atoms with E-state index in [1.807, 2.05) is 66.7 Å². The Kier molecular flexibility index (Phi) is 5.93.